The van der Waals surface area contributed by atoms with Gasteiger partial charge in [-0.2, -0.15) is 21.8 Å². The Morgan fingerprint density at radius 3 is 1.91 bits per heavy atom. The molecule has 2 aliphatic heterocycles. The molecule has 0 amide bonds. The van der Waals surface area contributed by atoms with E-state index in [-0.39, 0.29) is 16.7 Å². The van der Waals surface area contributed by atoms with Gasteiger partial charge in [0.05, 0.1) is 0 Å². The molecule has 2 aliphatic rings. The second-order valence-electron chi connectivity index (χ2n) is 5.12. The highest BCUT2D eigenvalue weighted by molar-refractivity contribution is 8.39. The maximum atomic E-state index is 12.8. The predicted molar refractivity (Wildman–Crippen MR) is 99.3 cm³/mol. The first-order valence-corrected chi connectivity index (χ1v) is 10.4. The maximum absolute atomic E-state index is 12.8. The van der Waals surface area contributed by atoms with Crippen LogP contribution in [0.1, 0.15) is 18.6 Å². The fourth-order valence-corrected chi connectivity index (χ4v) is 7.25. The molecule has 1 aromatic carbocycles. The molecular weight excluding hydrogens is 312 g/mol. The molecule has 1 aromatic rings. The van der Waals surface area contributed by atoms with Crippen LogP contribution in [0, 0.1) is 0 Å². The molecule has 0 aromatic heterocycles. The van der Waals surface area contributed by atoms with Gasteiger partial charge in [-0.05, 0) is 34.1 Å². The highest BCUT2D eigenvalue weighted by Gasteiger charge is 2.31. The average molecular weight is 332 g/mol. The van der Waals surface area contributed by atoms with Crippen LogP contribution in [0.5, 0.6) is 0 Å². The zero-order valence-electron chi connectivity index (χ0n) is 12.4. The summed E-state index contributed by atoms with van der Waals surface area (Å²) in [5, 5.41) is 8.60. The van der Waals surface area contributed by atoms with E-state index in [2.05, 4.69) is 21.6 Å². The van der Waals surface area contributed by atoms with Gasteiger partial charge in [-0.3, -0.25) is 4.79 Å². The van der Waals surface area contributed by atoms with Gasteiger partial charge in [-0.15, -0.1) is 0 Å². The Kier molecular flexibility index (Phi) is 4.90. The Bertz CT molecular complexity index is 594. The highest BCUT2D eigenvalue weighted by atomic mass is 32.3. The van der Waals surface area contributed by atoms with Crippen molar-refractivity contribution in [3.8, 4) is 0 Å². The Hall–Kier alpha value is -1.65. The summed E-state index contributed by atoms with van der Waals surface area (Å²) in [6, 6.07) is 9.89. The number of thiol groups is 2. The minimum Gasteiger partial charge on any atom is -0.456 e. The molecule has 0 saturated heterocycles. The minimum absolute atomic E-state index is 0.0684. The van der Waals surface area contributed by atoms with Crippen molar-refractivity contribution < 1.29 is 9.53 Å². The summed E-state index contributed by atoms with van der Waals surface area (Å²) < 4.78 is 5.71. The highest BCUT2D eigenvalue weighted by Crippen LogP contribution is 2.54. The second kappa shape index (κ2) is 7.07. The molecule has 2 nitrogen and oxygen atoms in total. The van der Waals surface area contributed by atoms with Crippen molar-refractivity contribution in [1.29, 1.82) is 0 Å². The van der Waals surface area contributed by atoms with Crippen molar-refractivity contribution in [3.63, 3.8) is 0 Å². The monoisotopic (exact) mass is 332 g/mol. The van der Waals surface area contributed by atoms with Gasteiger partial charge >= 0.3 is 5.97 Å². The third-order valence-corrected chi connectivity index (χ3v) is 8.81. The van der Waals surface area contributed by atoms with Crippen molar-refractivity contribution in [1.82, 2.24) is 0 Å². The Morgan fingerprint density at radius 2 is 1.41 bits per heavy atom. The van der Waals surface area contributed by atoms with Crippen LogP contribution >= 0.6 is 21.8 Å². The SMILES string of the molecule is CC(OC(=O)C([SH]1C=CC=C1)[SH]1C=CC=C1)c1ccccc1. The third-order valence-electron chi connectivity index (χ3n) is 3.59. The lowest BCUT2D eigenvalue weighted by molar-refractivity contribution is -0.146. The van der Waals surface area contributed by atoms with Gasteiger partial charge in [0, 0.05) is 0 Å². The minimum atomic E-state index is -0.568. The van der Waals surface area contributed by atoms with Crippen LogP contribution in [-0.4, -0.2) is 10.6 Å². The molecule has 0 bridgehead atoms. The van der Waals surface area contributed by atoms with Crippen LogP contribution in [0.4, 0.5) is 0 Å². The van der Waals surface area contributed by atoms with Crippen molar-refractivity contribution in [3.05, 3.63) is 81.8 Å². The molecule has 116 valence electrons. The molecule has 22 heavy (non-hydrogen) atoms. The quantitative estimate of drug-likeness (QED) is 0.604. The van der Waals surface area contributed by atoms with E-state index in [0.29, 0.717) is 0 Å². The number of benzene rings is 1. The van der Waals surface area contributed by atoms with Crippen molar-refractivity contribution in [2.24, 2.45) is 0 Å². The molecule has 4 heteroatoms. The number of hydrogen-bond donors (Lipinski definition) is 2. The van der Waals surface area contributed by atoms with E-state index >= 15 is 0 Å². The summed E-state index contributed by atoms with van der Waals surface area (Å²) in [6.45, 7) is 1.94. The molecule has 0 N–H and O–H groups in total. The normalized spacial score (nSPS) is 20.1. The molecule has 0 radical (unpaired) electrons. The molecule has 2 heterocycles. The number of carbonyl (C=O) groups excluding carboxylic acids is 1. The molecule has 0 fully saturated rings. The van der Waals surface area contributed by atoms with Crippen LogP contribution in [0.2, 0.25) is 0 Å². The predicted octanol–water partition coefficient (Wildman–Crippen LogP) is 4.70. The zero-order valence-corrected chi connectivity index (χ0v) is 14.2. The lowest BCUT2D eigenvalue weighted by atomic mass is 10.1. The lowest BCUT2D eigenvalue weighted by Crippen LogP contribution is -2.22. The third kappa shape index (κ3) is 3.39. The number of rotatable bonds is 5. The summed E-state index contributed by atoms with van der Waals surface area (Å²) >= 11 is 0. The zero-order chi connectivity index (χ0) is 15.4. The summed E-state index contributed by atoms with van der Waals surface area (Å²) in [7, 11) is -1.14. The van der Waals surface area contributed by atoms with Crippen LogP contribution < -0.4 is 0 Å². The van der Waals surface area contributed by atoms with Gasteiger partial charge in [0.15, 0.2) is 0 Å². The molecule has 0 spiro atoms. The first-order valence-electron chi connectivity index (χ1n) is 7.26. The van der Waals surface area contributed by atoms with Gasteiger partial charge in [0.2, 0.25) is 0 Å². The van der Waals surface area contributed by atoms with Gasteiger partial charge in [0.25, 0.3) is 0 Å². The Morgan fingerprint density at radius 1 is 0.909 bits per heavy atom. The standard InChI is InChI=1S/C18H20O2S2/c1-15(16-9-3-2-4-10-16)20-17(19)18(21-11-5-6-12-21)22-13-7-8-14-22/h2-15,18,21-22H,1H3. The maximum Gasteiger partial charge on any atom is 0.327 e. The number of ether oxygens (including phenoxy) is 1. The van der Waals surface area contributed by atoms with Crippen molar-refractivity contribution in [2.75, 3.05) is 0 Å². The molecular formula is C18H20O2S2. The molecule has 3 rings (SSSR count). The van der Waals surface area contributed by atoms with E-state index in [1.54, 1.807) is 0 Å². The summed E-state index contributed by atoms with van der Waals surface area (Å²) in [4.78, 5) is 12.8. The van der Waals surface area contributed by atoms with Gasteiger partial charge < -0.3 is 4.74 Å². The average Bonchev–Trinajstić information content (AvgIpc) is 3.22. The van der Waals surface area contributed by atoms with E-state index in [0.717, 1.165) is 5.56 Å². The molecule has 0 saturated carbocycles. The topological polar surface area (TPSA) is 26.3 Å². The van der Waals surface area contributed by atoms with Crippen LogP contribution in [0.25, 0.3) is 0 Å². The largest absolute Gasteiger partial charge is 0.456 e. The molecule has 1 atom stereocenters. The Balaban J connectivity index is 1.74. The van der Waals surface area contributed by atoms with Gasteiger partial charge in [-0.25, -0.2) is 0 Å². The fraction of sp³-hybridized carbons (Fsp3) is 0.167. The number of allylic oxidation sites excluding steroid dienone is 4. The number of esters is 1. The lowest BCUT2D eigenvalue weighted by Gasteiger charge is -2.29. The molecule has 0 aliphatic carbocycles. The van der Waals surface area contributed by atoms with Gasteiger partial charge in [-0.1, -0.05) is 54.6 Å². The first-order chi connectivity index (χ1) is 10.8. The van der Waals surface area contributed by atoms with Crippen LogP contribution in [0.3, 0.4) is 0 Å². The second-order valence-corrected chi connectivity index (χ2v) is 9.55. The van der Waals surface area contributed by atoms with Crippen molar-refractivity contribution >= 4 is 27.8 Å². The summed E-state index contributed by atoms with van der Waals surface area (Å²) in [5.41, 5.74) is 1.03. The Labute approximate surface area is 136 Å². The van der Waals surface area contributed by atoms with Crippen LogP contribution in [-0.2, 0) is 9.53 Å². The summed E-state index contributed by atoms with van der Waals surface area (Å²) in [6.07, 6.45) is 7.92. The summed E-state index contributed by atoms with van der Waals surface area (Å²) in [5.74, 6) is -0.0824. The van der Waals surface area contributed by atoms with E-state index in [9.17, 15) is 4.79 Å². The smallest absolute Gasteiger partial charge is 0.327 e. The van der Waals surface area contributed by atoms with E-state index < -0.39 is 21.8 Å². The molecule has 1 unspecified atom stereocenters. The van der Waals surface area contributed by atoms with E-state index in [1.165, 1.54) is 0 Å². The first kappa shape index (κ1) is 15.3. The number of carbonyl (C=O) groups is 1. The van der Waals surface area contributed by atoms with Crippen molar-refractivity contribution in [2.45, 2.75) is 17.6 Å². The van der Waals surface area contributed by atoms with Gasteiger partial charge in [0.1, 0.15) is 10.7 Å². The number of hydrogen-bond acceptors (Lipinski definition) is 2. The van der Waals surface area contributed by atoms with E-state index in [4.69, 9.17) is 4.74 Å². The fourth-order valence-electron chi connectivity index (χ4n) is 2.45. The van der Waals surface area contributed by atoms with E-state index in [1.807, 2.05) is 61.6 Å². The van der Waals surface area contributed by atoms with Crippen LogP contribution in [0.15, 0.2) is 76.3 Å².